The molecule has 0 amide bonds. The van der Waals surface area contributed by atoms with Gasteiger partial charge in [0.15, 0.2) is 0 Å². The second-order valence-electron chi connectivity index (χ2n) is 4.75. The van der Waals surface area contributed by atoms with Crippen molar-refractivity contribution >= 4 is 11.6 Å². The Balaban J connectivity index is 0.00000277. The number of carbonyl (C=O) groups is 2. The molecule has 0 aromatic heterocycles. The van der Waals surface area contributed by atoms with E-state index < -0.39 is 52.1 Å². The van der Waals surface area contributed by atoms with Gasteiger partial charge in [0.2, 0.25) is 0 Å². The van der Waals surface area contributed by atoms with Gasteiger partial charge in [-0.15, -0.1) is 0 Å². The van der Waals surface area contributed by atoms with E-state index in [1.54, 1.807) is 0 Å². The quantitative estimate of drug-likeness (QED) is 0.654. The normalized spacial score (nSPS) is 11.4. The first kappa shape index (κ1) is 22.6. The number of benzene rings is 1. The number of ketones is 2. The van der Waals surface area contributed by atoms with Gasteiger partial charge in [-0.2, -0.15) is 31.6 Å². The molecule has 1 N–H and O–H groups in total. The average Bonchev–Trinajstić information content (AvgIpc) is 2.45. The number of aliphatic hydroxyl groups is 1. The van der Waals surface area contributed by atoms with Crippen molar-refractivity contribution in [2.45, 2.75) is 32.1 Å². The maximum absolute atomic E-state index is 13.0. The summed E-state index contributed by atoms with van der Waals surface area (Å²) in [5.41, 5.74) is -6.02. The Hall–Kier alpha value is -2.41. The van der Waals surface area contributed by atoms with E-state index in [2.05, 4.69) is 0 Å². The smallest absolute Gasteiger partial charge is 0.400 e. The maximum Gasteiger partial charge on any atom is 0.417 e. The standard InChI is InChI=1S/C14H9F6NO2.CH4O/c1-6(22)12(7(2)23)8-3-10(13(15,16)17)9(5-21)11(4-8)14(18,19)20;1-2/h3-4,12H,1-2H3;2H,1H3. The summed E-state index contributed by atoms with van der Waals surface area (Å²) in [6, 6.07) is 1.37. The number of hydrogen-bond donors (Lipinski definition) is 1. The van der Waals surface area contributed by atoms with Crippen LogP contribution in [-0.2, 0) is 21.9 Å². The van der Waals surface area contributed by atoms with Crippen LogP contribution in [0.15, 0.2) is 12.1 Å². The Labute approximate surface area is 138 Å². The van der Waals surface area contributed by atoms with E-state index in [1.165, 1.54) is 0 Å². The highest BCUT2D eigenvalue weighted by atomic mass is 19.4. The first-order valence-corrected chi connectivity index (χ1v) is 6.48. The van der Waals surface area contributed by atoms with Crippen molar-refractivity contribution in [2.75, 3.05) is 7.11 Å². The van der Waals surface area contributed by atoms with Crippen molar-refractivity contribution in [3.8, 4) is 6.07 Å². The molecular formula is C15H13F6NO3. The highest BCUT2D eigenvalue weighted by Gasteiger charge is 2.42. The van der Waals surface area contributed by atoms with Gasteiger partial charge < -0.3 is 5.11 Å². The lowest BCUT2D eigenvalue weighted by Crippen LogP contribution is -2.21. The minimum atomic E-state index is -5.25. The number of nitrogens with zero attached hydrogens (tertiary/aromatic N) is 1. The third-order valence-electron chi connectivity index (χ3n) is 3.03. The van der Waals surface area contributed by atoms with Gasteiger partial charge in [0.1, 0.15) is 23.6 Å². The second-order valence-corrected chi connectivity index (χ2v) is 4.75. The Kier molecular flexibility index (Phi) is 7.33. The van der Waals surface area contributed by atoms with Crippen LogP contribution in [0, 0.1) is 11.3 Å². The van der Waals surface area contributed by atoms with Gasteiger partial charge in [0.25, 0.3) is 0 Å². The number of carbonyl (C=O) groups excluding carboxylic acids is 2. The maximum atomic E-state index is 13.0. The molecule has 0 saturated carbocycles. The first-order chi connectivity index (χ1) is 11.3. The fourth-order valence-corrected chi connectivity index (χ4v) is 2.15. The van der Waals surface area contributed by atoms with E-state index in [-0.39, 0.29) is 12.1 Å². The molecule has 0 heterocycles. The molecule has 0 bridgehead atoms. The number of hydrogen-bond acceptors (Lipinski definition) is 4. The Morgan fingerprint density at radius 2 is 1.28 bits per heavy atom. The lowest BCUT2D eigenvalue weighted by Gasteiger charge is -2.19. The molecule has 4 nitrogen and oxygen atoms in total. The summed E-state index contributed by atoms with van der Waals surface area (Å²) in [6.07, 6.45) is -10.5. The van der Waals surface area contributed by atoms with Crippen molar-refractivity contribution in [2.24, 2.45) is 0 Å². The third-order valence-corrected chi connectivity index (χ3v) is 3.03. The minimum absolute atomic E-state index is 0.237. The summed E-state index contributed by atoms with van der Waals surface area (Å²) in [5, 5.41) is 15.7. The molecule has 1 rings (SSSR count). The van der Waals surface area contributed by atoms with Crippen LogP contribution in [0.5, 0.6) is 0 Å². The first-order valence-electron chi connectivity index (χ1n) is 6.48. The van der Waals surface area contributed by atoms with E-state index in [4.69, 9.17) is 10.4 Å². The highest BCUT2D eigenvalue weighted by molar-refractivity contribution is 6.05. The van der Waals surface area contributed by atoms with E-state index in [1.807, 2.05) is 0 Å². The lowest BCUT2D eigenvalue weighted by molar-refractivity contribution is -0.144. The van der Waals surface area contributed by atoms with Crippen LogP contribution >= 0.6 is 0 Å². The molecule has 0 unspecified atom stereocenters. The van der Waals surface area contributed by atoms with Gasteiger partial charge in [-0.1, -0.05) is 0 Å². The Bertz CT molecular complexity index is 652. The molecule has 0 atom stereocenters. The van der Waals surface area contributed by atoms with Gasteiger partial charge in [-0.3, -0.25) is 9.59 Å². The fourth-order valence-electron chi connectivity index (χ4n) is 2.15. The van der Waals surface area contributed by atoms with Gasteiger partial charge in [-0.05, 0) is 31.5 Å². The Morgan fingerprint density at radius 1 is 0.960 bits per heavy atom. The highest BCUT2D eigenvalue weighted by Crippen LogP contribution is 2.41. The minimum Gasteiger partial charge on any atom is -0.400 e. The molecule has 1 aromatic rings. The summed E-state index contributed by atoms with van der Waals surface area (Å²) in [6.45, 7) is 1.76. The number of rotatable bonds is 3. The second kappa shape index (κ2) is 8.11. The van der Waals surface area contributed by atoms with E-state index in [0.717, 1.165) is 27.0 Å². The molecule has 138 valence electrons. The zero-order valence-corrected chi connectivity index (χ0v) is 13.2. The predicted molar refractivity (Wildman–Crippen MR) is 73.4 cm³/mol. The SMILES string of the molecule is CC(=O)C(C(C)=O)c1cc(C(F)(F)F)c(C#N)c(C(F)(F)F)c1.CO. The van der Waals surface area contributed by atoms with Crippen molar-refractivity contribution in [1.29, 1.82) is 5.26 Å². The van der Waals surface area contributed by atoms with Crippen LogP contribution < -0.4 is 0 Å². The molecule has 0 spiro atoms. The van der Waals surface area contributed by atoms with Crippen LogP contribution in [-0.4, -0.2) is 23.8 Å². The number of Topliss-reactive ketones (excluding diaryl/α,β-unsaturated/α-hetero) is 2. The molecule has 0 aliphatic heterocycles. The van der Waals surface area contributed by atoms with Gasteiger partial charge in [0.05, 0.1) is 16.7 Å². The summed E-state index contributed by atoms with van der Waals surface area (Å²) < 4.78 is 77.8. The van der Waals surface area contributed by atoms with Crippen LogP contribution in [0.2, 0.25) is 0 Å². The third kappa shape index (κ3) is 5.29. The zero-order chi connectivity index (χ0) is 20.2. The van der Waals surface area contributed by atoms with Gasteiger partial charge in [0, 0.05) is 7.11 Å². The molecule has 1 aromatic carbocycles. The van der Waals surface area contributed by atoms with E-state index in [9.17, 15) is 35.9 Å². The monoisotopic (exact) mass is 369 g/mol. The van der Waals surface area contributed by atoms with Gasteiger partial charge >= 0.3 is 12.4 Å². The largest absolute Gasteiger partial charge is 0.417 e. The van der Waals surface area contributed by atoms with E-state index >= 15 is 0 Å². The molecule has 0 radical (unpaired) electrons. The number of halogens is 6. The molecule has 10 heteroatoms. The predicted octanol–water partition coefficient (Wildman–Crippen LogP) is 3.47. The molecular weight excluding hydrogens is 356 g/mol. The topological polar surface area (TPSA) is 78.2 Å². The van der Waals surface area contributed by atoms with Crippen LogP contribution in [0.25, 0.3) is 0 Å². The molecule has 0 aliphatic carbocycles. The summed E-state index contributed by atoms with van der Waals surface area (Å²) >= 11 is 0. The fraction of sp³-hybridized carbons (Fsp3) is 0.400. The van der Waals surface area contributed by atoms with Crippen LogP contribution in [0.4, 0.5) is 26.3 Å². The van der Waals surface area contributed by atoms with E-state index in [0.29, 0.717) is 0 Å². The van der Waals surface area contributed by atoms with Crippen molar-refractivity contribution in [1.82, 2.24) is 0 Å². The van der Waals surface area contributed by atoms with Crippen molar-refractivity contribution in [3.63, 3.8) is 0 Å². The molecule has 0 aliphatic rings. The van der Waals surface area contributed by atoms with Crippen LogP contribution in [0.3, 0.4) is 0 Å². The Morgan fingerprint density at radius 3 is 1.48 bits per heavy atom. The average molecular weight is 369 g/mol. The summed E-state index contributed by atoms with van der Waals surface area (Å²) in [5.74, 6) is -3.56. The number of aliphatic hydroxyl groups excluding tert-OH is 1. The summed E-state index contributed by atoms with van der Waals surface area (Å²) in [4.78, 5) is 22.8. The number of nitriles is 1. The molecule has 25 heavy (non-hydrogen) atoms. The number of alkyl halides is 6. The zero-order valence-electron chi connectivity index (χ0n) is 13.2. The van der Waals surface area contributed by atoms with Crippen molar-refractivity contribution in [3.05, 3.63) is 34.4 Å². The van der Waals surface area contributed by atoms with Crippen LogP contribution in [0.1, 0.15) is 42.0 Å². The molecule has 0 saturated heterocycles. The summed E-state index contributed by atoms with van der Waals surface area (Å²) in [7, 11) is 1.00. The van der Waals surface area contributed by atoms with Gasteiger partial charge in [-0.25, -0.2) is 0 Å². The van der Waals surface area contributed by atoms with Crippen molar-refractivity contribution < 1.29 is 41.0 Å². The lowest BCUT2D eigenvalue weighted by atomic mass is 9.87. The molecule has 0 fully saturated rings.